The molecule has 0 spiro atoms. The summed E-state index contributed by atoms with van der Waals surface area (Å²) in [5.74, 6) is 0.858. The molecule has 4 nitrogen and oxygen atoms in total. The van der Waals surface area contributed by atoms with E-state index in [1.165, 1.54) is 0 Å². The van der Waals surface area contributed by atoms with E-state index in [9.17, 15) is 5.11 Å². The third-order valence-electron chi connectivity index (χ3n) is 3.56. The molecule has 1 N–H and O–H groups in total. The Morgan fingerprint density at radius 1 is 1.40 bits per heavy atom. The van der Waals surface area contributed by atoms with Gasteiger partial charge in [-0.3, -0.25) is 4.90 Å². The van der Waals surface area contributed by atoms with Crippen molar-refractivity contribution in [2.45, 2.75) is 32.5 Å². The predicted molar refractivity (Wildman–Crippen MR) is 79.2 cm³/mol. The molecule has 0 aliphatic carbocycles. The van der Waals surface area contributed by atoms with E-state index in [4.69, 9.17) is 9.47 Å². The van der Waals surface area contributed by atoms with Gasteiger partial charge in [-0.1, -0.05) is 19.1 Å². The minimum atomic E-state index is -0.308. The molecule has 1 aliphatic heterocycles. The van der Waals surface area contributed by atoms with Crippen LogP contribution in [0.3, 0.4) is 0 Å². The van der Waals surface area contributed by atoms with E-state index in [0.29, 0.717) is 13.0 Å². The van der Waals surface area contributed by atoms with E-state index < -0.39 is 0 Å². The zero-order chi connectivity index (χ0) is 14.4. The molecule has 20 heavy (non-hydrogen) atoms. The van der Waals surface area contributed by atoms with Gasteiger partial charge in [-0.25, -0.2) is 0 Å². The monoisotopic (exact) mass is 279 g/mol. The lowest BCUT2D eigenvalue weighted by Crippen LogP contribution is -2.44. The van der Waals surface area contributed by atoms with E-state index in [-0.39, 0.29) is 12.2 Å². The summed E-state index contributed by atoms with van der Waals surface area (Å²) in [6.45, 7) is 8.36. The fourth-order valence-electron chi connectivity index (χ4n) is 2.42. The van der Waals surface area contributed by atoms with Gasteiger partial charge in [-0.2, -0.15) is 0 Å². The van der Waals surface area contributed by atoms with Gasteiger partial charge in [0, 0.05) is 13.1 Å². The average Bonchev–Trinajstić information content (AvgIpc) is 2.46. The second-order valence-electron chi connectivity index (χ2n) is 5.39. The topological polar surface area (TPSA) is 41.9 Å². The highest BCUT2D eigenvalue weighted by molar-refractivity contribution is 5.27. The Balaban J connectivity index is 1.78. The van der Waals surface area contributed by atoms with Crippen LogP contribution in [0.5, 0.6) is 5.75 Å². The highest BCUT2D eigenvalue weighted by Crippen LogP contribution is 2.15. The molecular formula is C16H25NO3. The number of rotatable bonds is 6. The van der Waals surface area contributed by atoms with Crippen LogP contribution in [0.1, 0.15) is 19.4 Å². The molecule has 4 heteroatoms. The number of likely N-dealkylation sites (N-methyl/N-ethyl adjacent to an activating group) is 1. The lowest BCUT2D eigenvalue weighted by atomic mass is 10.1. The van der Waals surface area contributed by atoms with Crippen molar-refractivity contribution in [2.24, 2.45) is 0 Å². The van der Waals surface area contributed by atoms with E-state index in [2.05, 4.69) is 11.8 Å². The van der Waals surface area contributed by atoms with Gasteiger partial charge in [0.05, 0.1) is 12.7 Å². The first kappa shape index (κ1) is 15.3. The van der Waals surface area contributed by atoms with Crippen molar-refractivity contribution in [1.82, 2.24) is 4.90 Å². The molecule has 1 saturated heterocycles. The number of aliphatic hydroxyl groups excluding tert-OH is 1. The average molecular weight is 279 g/mol. The normalized spacial score (nSPS) is 21.6. The summed E-state index contributed by atoms with van der Waals surface area (Å²) in [4.78, 5) is 2.38. The molecule has 1 aromatic carbocycles. The molecule has 2 unspecified atom stereocenters. The number of ether oxygens (including phenoxy) is 2. The molecule has 2 rings (SSSR count). The van der Waals surface area contributed by atoms with E-state index in [1.807, 2.05) is 24.3 Å². The number of hydrogen-bond acceptors (Lipinski definition) is 4. The van der Waals surface area contributed by atoms with Gasteiger partial charge >= 0.3 is 0 Å². The maximum atomic E-state index is 9.34. The number of nitrogens with zero attached hydrogens (tertiary/aromatic N) is 1. The van der Waals surface area contributed by atoms with Crippen LogP contribution in [-0.4, -0.2) is 55.1 Å². The number of hydrogen-bond donors (Lipinski definition) is 1. The summed E-state index contributed by atoms with van der Waals surface area (Å²) in [5, 5.41) is 9.34. The summed E-state index contributed by atoms with van der Waals surface area (Å²) in [7, 11) is 0. The Hall–Kier alpha value is -1.10. The molecule has 2 atom stereocenters. The molecule has 0 saturated carbocycles. The first-order valence-electron chi connectivity index (χ1n) is 7.41. The van der Waals surface area contributed by atoms with Crippen LogP contribution in [0, 0.1) is 0 Å². The van der Waals surface area contributed by atoms with Gasteiger partial charge in [-0.05, 0) is 37.6 Å². The van der Waals surface area contributed by atoms with Gasteiger partial charge in [-0.15, -0.1) is 0 Å². The third kappa shape index (κ3) is 4.78. The van der Waals surface area contributed by atoms with Crippen molar-refractivity contribution >= 4 is 0 Å². The maximum Gasteiger partial charge on any atom is 0.119 e. The summed E-state index contributed by atoms with van der Waals surface area (Å²) >= 11 is 0. The fourth-order valence-corrected chi connectivity index (χ4v) is 2.42. The molecule has 0 radical (unpaired) electrons. The lowest BCUT2D eigenvalue weighted by molar-refractivity contribution is -0.0464. The largest absolute Gasteiger partial charge is 0.491 e. The highest BCUT2D eigenvalue weighted by Gasteiger charge is 2.19. The Labute approximate surface area is 121 Å². The number of benzene rings is 1. The van der Waals surface area contributed by atoms with Crippen LogP contribution >= 0.6 is 0 Å². The van der Waals surface area contributed by atoms with Crippen molar-refractivity contribution in [3.8, 4) is 5.75 Å². The molecule has 112 valence electrons. The second kappa shape index (κ2) is 7.62. The summed E-state index contributed by atoms with van der Waals surface area (Å²) in [5.41, 5.74) is 1.12. The summed E-state index contributed by atoms with van der Waals surface area (Å²) < 4.78 is 11.5. The molecule has 0 bridgehead atoms. The highest BCUT2D eigenvalue weighted by atomic mass is 16.5. The van der Waals surface area contributed by atoms with Crippen LogP contribution in [0.2, 0.25) is 0 Å². The minimum Gasteiger partial charge on any atom is -0.491 e. The van der Waals surface area contributed by atoms with Gasteiger partial charge in [0.1, 0.15) is 18.5 Å². The summed E-state index contributed by atoms with van der Waals surface area (Å²) in [6.07, 6.45) is 0.524. The molecule has 1 aliphatic rings. The standard InChI is InChI=1S/C16H25NO3/c1-3-17-8-9-19-16(11-17)12-20-15-6-4-14(5-7-15)10-13(2)18/h4-7,13,16,18H,3,8-12H2,1-2H3. The van der Waals surface area contributed by atoms with Crippen LogP contribution in [-0.2, 0) is 11.2 Å². The molecule has 0 amide bonds. The molecule has 1 fully saturated rings. The van der Waals surface area contributed by atoms with Crippen molar-refractivity contribution in [3.05, 3.63) is 29.8 Å². The molecule has 1 heterocycles. The Bertz CT molecular complexity index is 391. The third-order valence-corrected chi connectivity index (χ3v) is 3.56. The van der Waals surface area contributed by atoms with Gasteiger partial charge in [0.25, 0.3) is 0 Å². The van der Waals surface area contributed by atoms with Crippen molar-refractivity contribution in [3.63, 3.8) is 0 Å². The maximum absolute atomic E-state index is 9.34. The fraction of sp³-hybridized carbons (Fsp3) is 0.625. The van der Waals surface area contributed by atoms with Crippen LogP contribution in [0.15, 0.2) is 24.3 Å². The van der Waals surface area contributed by atoms with E-state index in [0.717, 1.165) is 37.6 Å². The minimum absolute atomic E-state index is 0.154. The predicted octanol–water partition coefficient (Wildman–Crippen LogP) is 1.71. The smallest absolute Gasteiger partial charge is 0.119 e. The number of morpholine rings is 1. The second-order valence-corrected chi connectivity index (χ2v) is 5.39. The molecule has 0 aromatic heterocycles. The Kier molecular flexibility index (Phi) is 5.83. The van der Waals surface area contributed by atoms with Gasteiger partial charge in [0.2, 0.25) is 0 Å². The zero-order valence-electron chi connectivity index (χ0n) is 12.4. The van der Waals surface area contributed by atoms with Crippen LogP contribution in [0.4, 0.5) is 0 Å². The van der Waals surface area contributed by atoms with Crippen LogP contribution in [0.25, 0.3) is 0 Å². The Morgan fingerprint density at radius 2 is 2.15 bits per heavy atom. The summed E-state index contributed by atoms with van der Waals surface area (Å²) in [6, 6.07) is 7.92. The molecular weight excluding hydrogens is 254 g/mol. The van der Waals surface area contributed by atoms with Crippen molar-refractivity contribution in [2.75, 3.05) is 32.8 Å². The van der Waals surface area contributed by atoms with Gasteiger partial charge in [0.15, 0.2) is 0 Å². The SMILES string of the molecule is CCN1CCOC(COc2ccc(CC(C)O)cc2)C1. The Morgan fingerprint density at radius 3 is 2.80 bits per heavy atom. The van der Waals surface area contributed by atoms with Crippen molar-refractivity contribution in [1.29, 1.82) is 0 Å². The van der Waals surface area contributed by atoms with E-state index >= 15 is 0 Å². The van der Waals surface area contributed by atoms with E-state index in [1.54, 1.807) is 6.92 Å². The quantitative estimate of drug-likeness (QED) is 0.861. The van der Waals surface area contributed by atoms with Gasteiger partial charge < -0.3 is 14.6 Å². The zero-order valence-corrected chi connectivity index (χ0v) is 12.4. The first-order valence-corrected chi connectivity index (χ1v) is 7.41. The molecule has 1 aromatic rings. The number of aliphatic hydroxyl groups is 1. The first-order chi connectivity index (χ1) is 9.67. The van der Waals surface area contributed by atoms with Crippen molar-refractivity contribution < 1.29 is 14.6 Å². The lowest BCUT2D eigenvalue weighted by Gasteiger charge is -2.31. The van der Waals surface area contributed by atoms with Crippen LogP contribution < -0.4 is 4.74 Å².